The van der Waals surface area contributed by atoms with Crippen molar-refractivity contribution < 1.29 is 9.50 Å². The van der Waals surface area contributed by atoms with Crippen LogP contribution >= 0.6 is 11.6 Å². The van der Waals surface area contributed by atoms with Crippen molar-refractivity contribution in [2.24, 2.45) is 5.92 Å². The van der Waals surface area contributed by atoms with E-state index in [1.165, 1.54) is 25.3 Å². The Morgan fingerprint density at radius 3 is 2.67 bits per heavy atom. The number of hydrogen-bond acceptors (Lipinski definition) is 1. The van der Waals surface area contributed by atoms with E-state index in [2.05, 4.69) is 0 Å². The van der Waals surface area contributed by atoms with Gasteiger partial charge in [0, 0.05) is 10.6 Å². The van der Waals surface area contributed by atoms with Crippen molar-refractivity contribution in [3.05, 3.63) is 40.2 Å². The smallest absolute Gasteiger partial charge is 0.131 e. The Bertz CT molecular complexity index is 436. The Labute approximate surface area is 112 Å². The molecule has 1 fully saturated rings. The van der Waals surface area contributed by atoms with E-state index in [0.29, 0.717) is 16.5 Å². The number of hydrogen-bond donors (Lipinski definition) is 1. The molecule has 1 aliphatic rings. The lowest BCUT2D eigenvalue weighted by Gasteiger charge is -2.23. The molecule has 0 unspecified atom stereocenters. The minimum absolute atomic E-state index is 0.00668. The third kappa shape index (κ3) is 3.33. The van der Waals surface area contributed by atoms with E-state index >= 15 is 0 Å². The van der Waals surface area contributed by atoms with Crippen molar-refractivity contribution >= 4 is 17.7 Å². The molecular weight excluding hydrogens is 251 g/mol. The first kappa shape index (κ1) is 13.6. The molecule has 18 heavy (non-hydrogen) atoms. The zero-order valence-corrected chi connectivity index (χ0v) is 11.1. The van der Waals surface area contributed by atoms with Crippen molar-refractivity contribution in [2.45, 2.75) is 32.1 Å². The molecule has 0 saturated heterocycles. The Morgan fingerprint density at radius 2 is 2.06 bits per heavy atom. The third-order valence-electron chi connectivity index (χ3n) is 3.62. The summed E-state index contributed by atoms with van der Waals surface area (Å²) in [4.78, 5) is 0. The van der Waals surface area contributed by atoms with E-state index in [9.17, 15) is 9.50 Å². The normalized spacial score (nSPS) is 18.1. The van der Waals surface area contributed by atoms with E-state index in [0.717, 1.165) is 18.4 Å². The van der Waals surface area contributed by atoms with Gasteiger partial charge in [-0.1, -0.05) is 43.0 Å². The van der Waals surface area contributed by atoms with Crippen LogP contribution in [0.5, 0.6) is 0 Å². The Hall–Kier alpha value is -0.860. The predicted octanol–water partition coefficient (Wildman–Crippen LogP) is 4.44. The molecule has 0 amide bonds. The fourth-order valence-corrected chi connectivity index (χ4v) is 2.74. The summed E-state index contributed by atoms with van der Waals surface area (Å²) in [5.41, 5.74) is 1.45. The zero-order chi connectivity index (χ0) is 13.0. The molecule has 0 aromatic heterocycles. The van der Waals surface area contributed by atoms with Crippen molar-refractivity contribution in [3.63, 3.8) is 0 Å². The molecule has 0 aliphatic heterocycles. The van der Waals surface area contributed by atoms with Crippen molar-refractivity contribution in [1.29, 1.82) is 0 Å². The van der Waals surface area contributed by atoms with Gasteiger partial charge in [0.25, 0.3) is 0 Å². The van der Waals surface area contributed by atoms with Gasteiger partial charge >= 0.3 is 0 Å². The van der Waals surface area contributed by atoms with Crippen LogP contribution in [0.1, 0.15) is 37.7 Å². The maximum atomic E-state index is 13.7. The van der Waals surface area contributed by atoms with Crippen LogP contribution in [0.2, 0.25) is 5.02 Å². The standard InChI is InChI=1S/C15H18ClFO/c16-14-7-6-12(15(17)9-14)8-13(10-18)11-4-2-1-3-5-11/h6-9,11,18H,1-5,10H2/b13-8-. The second-order valence-corrected chi connectivity index (χ2v) is 5.31. The van der Waals surface area contributed by atoms with Gasteiger partial charge in [-0.15, -0.1) is 0 Å². The molecule has 0 atom stereocenters. The summed E-state index contributed by atoms with van der Waals surface area (Å²) in [6.45, 7) is 0.00668. The molecule has 1 aromatic rings. The van der Waals surface area contributed by atoms with Crippen molar-refractivity contribution in [1.82, 2.24) is 0 Å². The molecule has 1 aromatic carbocycles. The summed E-state index contributed by atoms with van der Waals surface area (Å²) in [6.07, 6.45) is 7.64. The highest BCUT2D eigenvalue weighted by Crippen LogP contribution is 2.31. The summed E-state index contributed by atoms with van der Waals surface area (Å²) in [6, 6.07) is 4.64. The van der Waals surface area contributed by atoms with Gasteiger partial charge in [0.05, 0.1) is 6.61 Å². The highest BCUT2D eigenvalue weighted by atomic mass is 35.5. The zero-order valence-electron chi connectivity index (χ0n) is 10.3. The average Bonchev–Trinajstić information content (AvgIpc) is 2.39. The quantitative estimate of drug-likeness (QED) is 0.860. The first-order valence-electron chi connectivity index (χ1n) is 6.47. The van der Waals surface area contributed by atoms with Crippen LogP contribution in [0.15, 0.2) is 23.8 Å². The van der Waals surface area contributed by atoms with Crippen LogP contribution < -0.4 is 0 Å². The van der Waals surface area contributed by atoms with Crippen LogP contribution in [0.4, 0.5) is 4.39 Å². The van der Waals surface area contributed by atoms with Gasteiger partial charge in [0.1, 0.15) is 5.82 Å². The number of aliphatic hydroxyl groups is 1. The maximum Gasteiger partial charge on any atom is 0.131 e. The van der Waals surface area contributed by atoms with Crippen LogP contribution in [0.25, 0.3) is 6.08 Å². The molecule has 3 heteroatoms. The van der Waals surface area contributed by atoms with Gasteiger partial charge in [0.15, 0.2) is 0 Å². The molecule has 1 saturated carbocycles. The molecule has 98 valence electrons. The van der Waals surface area contributed by atoms with Crippen LogP contribution in [0.3, 0.4) is 0 Å². The summed E-state index contributed by atoms with van der Waals surface area (Å²) in [7, 11) is 0. The Kier molecular flexibility index (Phi) is 4.79. The summed E-state index contributed by atoms with van der Waals surface area (Å²) < 4.78 is 13.7. The average molecular weight is 269 g/mol. The monoisotopic (exact) mass is 268 g/mol. The molecule has 0 radical (unpaired) electrons. The number of aliphatic hydroxyl groups excluding tert-OH is 1. The third-order valence-corrected chi connectivity index (χ3v) is 3.85. The predicted molar refractivity (Wildman–Crippen MR) is 73.0 cm³/mol. The van der Waals surface area contributed by atoms with E-state index in [-0.39, 0.29) is 12.4 Å². The Morgan fingerprint density at radius 1 is 1.33 bits per heavy atom. The van der Waals surface area contributed by atoms with Gasteiger partial charge in [-0.3, -0.25) is 0 Å². The van der Waals surface area contributed by atoms with Gasteiger partial charge in [-0.25, -0.2) is 4.39 Å². The lowest BCUT2D eigenvalue weighted by Crippen LogP contribution is -2.11. The lowest BCUT2D eigenvalue weighted by atomic mass is 9.83. The number of benzene rings is 1. The minimum Gasteiger partial charge on any atom is -0.392 e. The first-order valence-corrected chi connectivity index (χ1v) is 6.85. The second kappa shape index (κ2) is 6.35. The molecular formula is C15H18ClFO. The second-order valence-electron chi connectivity index (χ2n) is 4.88. The van der Waals surface area contributed by atoms with Crippen LogP contribution in [0, 0.1) is 11.7 Å². The van der Waals surface area contributed by atoms with Crippen molar-refractivity contribution in [3.8, 4) is 0 Å². The van der Waals surface area contributed by atoms with Crippen LogP contribution in [-0.4, -0.2) is 11.7 Å². The fourth-order valence-electron chi connectivity index (χ4n) is 2.58. The molecule has 1 N–H and O–H groups in total. The lowest BCUT2D eigenvalue weighted by molar-refractivity contribution is 0.295. The summed E-state index contributed by atoms with van der Waals surface area (Å²) >= 11 is 5.73. The van der Waals surface area contributed by atoms with Gasteiger partial charge in [-0.05, 0) is 36.5 Å². The molecule has 0 heterocycles. The molecule has 0 bridgehead atoms. The molecule has 2 rings (SSSR count). The van der Waals surface area contributed by atoms with E-state index in [1.54, 1.807) is 18.2 Å². The van der Waals surface area contributed by atoms with Crippen molar-refractivity contribution in [2.75, 3.05) is 6.61 Å². The fraction of sp³-hybridized carbons (Fsp3) is 0.467. The highest BCUT2D eigenvalue weighted by Gasteiger charge is 2.17. The molecule has 1 nitrogen and oxygen atoms in total. The van der Waals surface area contributed by atoms with E-state index in [1.807, 2.05) is 0 Å². The topological polar surface area (TPSA) is 20.2 Å². The van der Waals surface area contributed by atoms with Crippen LogP contribution in [-0.2, 0) is 0 Å². The number of rotatable bonds is 3. The highest BCUT2D eigenvalue weighted by molar-refractivity contribution is 6.30. The largest absolute Gasteiger partial charge is 0.392 e. The summed E-state index contributed by atoms with van der Waals surface area (Å²) in [5.74, 6) is 0.0723. The molecule has 1 aliphatic carbocycles. The maximum absolute atomic E-state index is 13.7. The Balaban J connectivity index is 2.22. The van der Waals surface area contributed by atoms with Gasteiger partial charge in [0.2, 0.25) is 0 Å². The summed E-state index contributed by atoms with van der Waals surface area (Å²) in [5, 5.41) is 9.86. The van der Waals surface area contributed by atoms with Gasteiger partial charge < -0.3 is 5.11 Å². The van der Waals surface area contributed by atoms with E-state index < -0.39 is 0 Å². The first-order chi connectivity index (χ1) is 8.70. The number of halogens is 2. The van der Waals surface area contributed by atoms with Gasteiger partial charge in [-0.2, -0.15) is 0 Å². The molecule has 0 spiro atoms. The SMILES string of the molecule is OC/C(=C/c1ccc(Cl)cc1F)C1CCCCC1. The van der Waals surface area contributed by atoms with E-state index in [4.69, 9.17) is 11.6 Å². The minimum atomic E-state index is -0.329.